The average molecular weight is 484 g/mol. The van der Waals surface area contributed by atoms with Crippen LogP contribution in [0, 0.1) is 0 Å². The van der Waals surface area contributed by atoms with Crippen LogP contribution < -0.4 is 10.6 Å². The van der Waals surface area contributed by atoms with E-state index in [-0.39, 0.29) is 24.0 Å². The van der Waals surface area contributed by atoms with Gasteiger partial charge in [-0.15, -0.1) is 24.0 Å². The van der Waals surface area contributed by atoms with Gasteiger partial charge in [0, 0.05) is 38.6 Å². The molecule has 0 spiro atoms. The Kier molecular flexibility index (Phi) is 11.8. The number of nitrogens with zero attached hydrogens (tertiary/aromatic N) is 4. The quantitative estimate of drug-likeness (QED) is 0.236. The van der Waals surface area contributed by atoms with E-state index in [2.05, 4.69) is 65.8 Å². The summed E-state index contributed by atoms with van der Waals surface area (Å²) in [4.78, 5) is 7.02. The molecule has 0 aliphatic heterocycles. The monoisotopic (exact) mass is 484 g/mol. The molecule has 0 bridgehead atoms. The van der Waals surface area contributed by atoms with Crippen molar-refractivity contribution in [2.75, 3.05) is 26.7 Å². The maximum absolute atomic E-state index is 4.72. The molecule has 0 radical (unpaired) electrons. The maximum Gasteiger partial charge on any atom is 0.191 e. The number of hydrogen-bond donors (Lipinski definition) is 2. The van der Waals surface area contributed by atoms with E-state index in [1.165, 1.54) is 11.1 Å². The van der Waals surface area contributed by atoms with Crippen molar-refractivity contribution in [3.8, 4) is 0 Å². The molecule has 0 atom stereocenters. The molecule has 0 unspecified atom stereocenters. The number of aryl methyl sites for hydroxylation is 1. The Morgan fingerprint density at radius 3 is 2.70 bits per heavy atom. The van der Waals surface area contributed by atoms with Gasteiger partial charge in [-0.2, -0.15) is 5.10 Å². The number of rotatable bonds is 10. The van der Waals surface area contributed by atoms with E-state index in [0.717, 1.165) is 45.1 Å². The number of nitrogens with one attached hydrogen (secondary N) is 2. The molecule has 1 heterocycles. The molecule has 0 amide bonds. The molecule has 0 aliphatic rings. The van der Waals surface area contributed by atoms with Gasteiger partial charge >= 0.3 is 0 Å². The number of benzene rings is 1. The topological polar surface area (TPSA) is 57.5 Å². The van der Waals surface area contributed by atoms with E-state index < -0.39 is 0 Å². The summed E-state index contributed by atoms with van der Waals surface area (Å²) in [7, 11) is 2.14. The van der Waals surface area contributed by atoms with Crippen LogP contribution in [0.15, 0.2) is 47.7 Å². The van der Waals surface area contributed by atoms with Crippen LogP contribution in [-0.2, 0) is 19.6 Å². The van der Waals surface area contributed by atoms with Crippen molar-refractivity contribution in [3.63, 3.8) is 0 Å². The summed E-state index contributed by atoms with van der Waals surface area (Å²) < 4.78 is 1.95. The van der Waals surface area contributed by atoms with Crippen LogP contribution in [0.1, 0.15) is 31.4 Å². The Balaban J connectivity index is 0.00000364. The van der Waals surface area contributed by atoms with E-state index >= 15 is 0 Å². The highest BCUT2D eigenvalue weighted by molar-refractivity contribution is 14.0. The predicted molar refractivity (Wildman–Crippen MR) is 124 cm³/mol. The first-order chi connectivity index (χ1) is 12.7. The maximum atomic E-state index is 4.72. The van der Waals surface area contributed by atoms with Crippen LogP contribution in [-0.4, -0.2) is 47.3 Å². The number of halogens is 1. The molecule has 1 aromatic carbocycles. The molecule has 2 rings (SSSR count). The Bertz CT molecular complexity index is 656. The zero-order chi connectivity index (χ0) is 18.6. The fourth-order valence-corrected chi connectivity index (χ4v) is 2.64. The molecule has 0 saturated carbocycles. The Labute approximate surface area is 180 Å². The first kappa shape index (κ1) is 23.4. The summed E-state index contributed by atoms with van der Waals surface area (Å²) in [6, 6.07) is 10.6. The lowest BCUT2D eigenvalue weighted by Crippen LogP contribution is -2.38. The largest absolute Gasteiger partial charge is 0.357 e. The second-order valence-corrected chi connectivity index (χ2v) is 6.39. The third-order valence-electron chi connectivity index (χ3n) is 4.16. The smallest absolute Gasteiger partial charge is 0.191 e. The van der Waals surface area contributed by atoms with Gasteiger partial charge in [-0.3, -0.25) is 4.68 Å². The fraction of sp³-hybridized carbons (Fsp3) is 0.500. The van der Waals surface area contributed by atoms with Gasteiger partial charge in [-0.1, -0.05) is 31.2 Å². The summed E-state index contributed by atoms with van der Waals surface area (Å²) in [6.45, 7) is 9.59. The summed E-state index contributed by atoms with van der Waals surface area (Å²) in [5, 5.41) is 10.9. The molecule has 2 N–H and O–H groups in total. The third-order valence-corrected chi connectivity index (χ3v) is 4.16. The summed E-state index contributed by atoms with van der Waals surface area (Å²) in [5.74, 6) is 0.865. The van der Waals surface area contributed by atoms with Crippen molar-refractivity contribution in [1.82, 2.24) is 25.3 Å². The molecule has 0 fully saturated rings. The lowest BCUT2D eigenvalue weighted by molar-refractivity contribution is 0.345. The van der Waals surface area contributed by atoms with E-state index in [0.29, 0.717) is 6.54 Å². The van der Waals surface area contributed by atoms with E-state index in [4.69, 9.17) is 4.99 Å². The zero-order valence-corrected chi connectivity index (χ0v) is 19.0. The van der Waals surface area contributed by atoms with Crippen molar-refractivity contribution in [2.45, 2.75) is 39.9 Å². The number of hydrogen-bond acceptors (Lipinski definition) is 3. The average Bonchev–Trinajstić information content (AvgIpc) is 3.17. The summed E-state index contributed by atoms with van der Waals surface area (Å²) in [6.07, 6.45) is 4.80. The Morgan fingerprint density at radius 1 is 1.19 bits per heavy atom. The first-order valence-corrected chi connectivity index (χ1v) is 9.47. The van der Waals surface area contributed by atoms with E-state index in [9.17, 15) is 0 Å². The van der Waals surface area contributed by atoms with Gasteiger partial charge in [-0.25, -0.2) is 4.99 Å². The minimum absolute atomic E-state index is 0. The van der Waals surface area contributed by atoms with Gasteiger partial charge in [0.15, 0.2) is 5.96 Å². The Hall–Kier alpha value is -1.61. The normalized spacial score (nSPS) is 11.3. The molecular weight excluding hydrogens is 451 g/mol. The van der Waals surface area contributed by atoms with Crippen LogP contribution in [0.4, 0.5) is 0 Å². The van der Waals surface area contributed by atoms with Crippen molar-refractivity contribution in [2.24, 2.45) is 4.99 Å². The highest BCUT2D eigenvalue weighted by Gasteiger charge is 2.01. The van der Waals surface area contributed by atoms with Crippen LogP contribution in [0.25, 0.3) is 0 Å². The first-order valence-electron chi connectivity index (χ1n) is 9.47. The second-order valence-electron chi connectivity index (χ2n) is 6.39. The van der Waals surface area contributed by atoms with Crippen LogP contribution in [0.2, 0.25) is 0 Å². The van der Waals surface area contributed by atoms with Crippen molar-refractivity contribution in [1.29, 1.82) is 0 Å². The van der Waals surface area contributed by atoms with Crippen molar-refractivity contribution >= 4 is 29.9 Å². The standard InChI is InChI=1S/C20H32N6.HI/c1-4-21-20(22-11-7-13-26-14-8-12-24-26)23-16-18-9-6-10-19(15-18)17-25(3)5-2;/h6,8-10,12,14-15H,4-5,7,11,13,16-17H2,1-3H3,(H2,21,22,23);1H. The van der Waals surface area contributed by atoms with Crippen LogP contribution in [0.5, 0.6) is 0 Å². The highest BCUT2D eigenvalue weighted by atomic mass is 127. The van der Waals surface area contributed by atoms with E-state index in [1.807, 2.05) is 23.1 Å². The molecule has 0 saturated heterocycles. The fourth-order valence-electron chi connectivity index (χ4n) is 2.64. The molecule has 6 nitrogen and oxygen atoms in total. The zero-order valence-electron chi connectivity index (χ0n) is 16.7. The summed E-state index contributed by atoms with van der Waals surface area (Å²) >= 11 is 0. The van der Waals surface area contributed by atoms with Crippen LogP contribution in [0.3, 0.4) is 0 Å². The van der Waals surface area contributed by atoms with Gasteiger partial charge in [-0.05, 0) is 44.1 Å². The minimum atomic E-state index is 0. The van der Waals surface area contributed by atoms with Gasteiger partial charge in [0.1, 0.15) is 0 Å². The minimum Gasteiger partial charge on any atom is -0.357 e. The SMILES string of the molecule is CCNC(=NCc1cccc(CN(C)CC)c1)NCCCn1cccn1.I. The van der Waals surface area contributed by atoms with Crippen LogP contribution >= 0.6 is 24.0 Å². The molecule has 1 aromatic heterocycles. The van der Waals surface area contributed by atoms with Crippen molar-refractivity contribution in [3.05, 3.63) is 53.9 Å². The molecule has 150 valence electrons. The van der Waals surface area contributed by atoms with Gasteiger partial charge in [0.2, 0.25) is 0 Å². The highest BCUT2D eigenvalue weighted by Crippen LogP contribution is 2.08. The molecule has 2 aromatic rings. The second kappa shape index (κ2) is 13.5. The molecule has 0 aliphatic carbocycles. The third kappa shape index (κ3) is 9.23. The predicted octanol–water partition coefficient (Wildman–Crippen LogP) is 3.10. The van der Waals surface area contributed by atoms with Gasteiger partial charge in [0.25, 0.3) is 0 Å². The van der Waals surface area contributed by atoms with Gasteiger partial charge in [0.05, 0.1) is 6.54 Å². The number of aliphatic imine (C=N–C) groups is 1. The number of aromatic nitrogens is 2. The lowest BCUT2D eigenvalue weighted by Gasteiger charge is -2.14. The van der Waals surface area contributed by atoms with Crippen molar-refractivity contribution < 1.29 is 0 Å². The molecule has 7 heteroatoms. The number of guanidine groups is 1. The lowest BCUT2D eigenvalue weighted by atomic mass is 10.1. The summed E-state index contributed by atoms with van der Waals surface area (Å²) in [5.41, 5.74) is 2.57. The Morgan fingerprint density at radius 2 is 2.00 bits per heavy atom. The molecule has 27 heavy (non-hydrogen) atoms. The van der Waals surface area contributed by atoms with E-state index in [1.54, 1.807) is 0 Å². The molecular formula is C20H33IN6. The van der Waals surface area contributed by atoms with Gasteiger partial charge < -0.3 is 15.5 Å².